The van der Waals surface area contributed by atoms with E-state index in [0.717, 1.165) is 62.7 Å². The van der Waals surface area contributed by atoms with Crippen molar-refractivity contribution in [2.45, 2.75) is 51.6 Å². The van der Waals surface area contributed by atoms with Crippen molar-refractivity contribution in [3.63, 3.8) is 0 Å². The van der Waals surface area contributed by atoms with Crippen molar-refractivity contribution in [2.75, 3.05) is 46.9 Å². The molecule has 1 aromatic carbocycles. The molecule has 1 unspecified atom stereocenters. The maximum absolute atomic E-state index is 12.7. The van der Waals surface area contributed by atoms with E-state index in [1.807, 2.05) is 37.2 Å². The second-order valence-electron chi connectivity index (χ2n) is 8.85. The fraction of sp³-hybridized carbons (Fsp3) is 0.667. The molecule has 0 spiro atoms. The Bertz CT molecular complexity index is 730. The van der Waals surface area contributed by atoms with E-state index in [-0.39, 0.29) is 12.0 Å². The summed E-state index contributed by atoms with van der Waals surface area (Å²) in [6.07, 6.45) is 5.49. The van der Waals surface area contributed by atoms with Crippen LogP contribution in [0.2, 0.25) is 0 Å². The molecule has 2 aliphatic rings. The first kappa shape index (κ1) is 23.4. The molecule has 3 rings (SSSR count). The summed E-state index contributed by atoms with van der Waals surface area (Å²) in [6, 6.07) is 8.33. The number of ether oxygens (including phenoxy) is 1. The van der Waals surface area contributed by atoms with Gasteiger partial charge in [0.2, 0.25) is 5.91 Å². The SMILES string of the molecule is CCNC(=NCc1ccccc1OCCN(C)C)NC1CCN(C(=O)C2CCCC2)C1. The number of rotatable bonds is 9. The zero-order valence-electron chi connectivity index (χ0n) is 19.4. The average molecular weight is 430 g/mol. The van der Waals surface area contributed by atoms with Gasteiger partial charge in [-0.1, -0.05) is 31.0 Å². The number of nitrogens with zero attached hydrogens (tertiary/aromatic N) is 3. The van der Waals surface area contributed by atoms with Gasteiger partial charge in [-0.05, 0) is 46.3 Å². The summed E-state index contributed by atoms with van der Waals surface area (Å²) in [5.41, 5.74) is 1.07. The number of hydrogen-bond acceptors (Lipinski definition) is 4. The molecule has 1 saturated heterocycles. The number of hydrogen-bond donors (Lipinski definition) is 2. The molecule has 7 nitrogen and oxygen atoms in total. The Balaban J connectivity index is 1.55. The maximum atomic E-state index is 12.7. The van der Waals surface area contributed by atoms with E-state index in [1.165, 1.54) is 12.8 Å². The number of amides is 1. The number of carbonyl (C=O) groups excluding carboxylic acids is 1. The van der Waals surface area contributed by atoms with Gasteiger partial charge < -0.3 is 25.2 Å². The van der Waals surface area contributed by atoms with Crippen LogP contribution in [0.25, 0.3) is 0 Å². The van der Waals surface area contributed by atoms with Crippen LogP contribution in [0.3, 0.4) is 0 Å². The summed E-state index contributed by atoms with van der Waals surface area (Å²) in [6.45, 7) is 6.55. The van der Waals surface area contributed by atoms with Gasteiger partial charge in [-0.2, -0.15) is 0 Å². The second-order valence-corrected chi connectivity index (χ2v) is 8.85. The van der Waals surface area contributed by atoms with Crippen LogP contribution in [0, 0.1) is 5.92 Å². The number of likely N-dealkylation sites (tertiary alicyclic amines) is 1. The van der Waals surface area contributed by atoms with Crippen LogP contribution in [-0.4, -0.2) is 74.6 Å². The molecule has 172 valence electrons. The molecule has 1 atom stereocenters. The van der Waals surface area contributed by atoms with Crippen LogP contribution in [0.4, 0.5) is 0 Å². The molecule has 0 bridgehead atoms. The van der Waals surface area contributed by atoms with E-state index in [0.29, 0.717) is 19.1 Å². The molecule has 0 aromatic heterocycles. The maximum Gasteiger partial charge on any atom is 0.225 e. The molecule has 1 heterocycles. The van der Waals surface area contributed by atoms with Crippen molar-refractivity contribution in [3.05, 3.63) is 29.8 Å². The van der Waals surface area contributed by atoms with Crippen LogP contribution in [0.15, 0.2) is 29.3 Å². The van der Waals surface area contributed by atoms with Gasteiger partial charge in [-0.25, -0.2) is 4.99 Å². The zero-order valence-corrected chi connectivity index (χ0v) is 19.4. The molecule has 7 heteroatoms. The lowest BCUT2D eigenvalue weighted by Crippen LogP contribution is -2.45. The van der Waals surface area contributed by atoms with E-state index in [4.69, 9.17) is 9.73 Å². The van der Waals surface area contributed by atoms with E-state index in [9.17, 15) is 4.79 Å². The summed E-state index contributed by atoms with van der Waals surface area (Å²) < 4.78 is 5.97. The van der Waals surface area contributed by atoms with Crippen molar-refractivity contribution in [3.8, 4) is 5.75 Å². The molecule has 1 aromatic rings. The summed E-state index contributed by atoms with van der Waals surface area (Å²) in [5, 5.41) is 6.88. The number of likely N-dealkylation sites (N-methyl/N-ethyl adjacent to an activating group) is 1. The Morgan fingerprint density at radius 2 is 2.00 bits per heavy atom. The van der Waals surface area contributed by atoms with Crippen LogP contribution in [0.1, 0.15) is 44.6 Å². The molecule has 2 fully saturated rings. The normalized spacial score (nSPS) is 19.8. The predicted molar refractivity (Wildman–Crippen MR) is 125 cm³/mol. The Morgan fingerprint density at radius 1 is 1.23 bits per heavy atom. The second kappa shape index (κ2) is 11.9. The third-order valence-corrected chi connectivity index (χ3v) is 6.07. The van der Waals surface area contributed by atoms with E-state index < -0.39 is 0 Å². The minimum atomic E-state index is 0.245. The molecule has 2 N–H and O–H groups in total. The molecule has 1 aliphatic carbocycles. The minimum absolute atomic E-state index is 0.245. The van der Waals surface area contributed by atoms with Gasteiger partial charge in [0.1, 0.15) is 12.4 Å². The monoisotopic (exact) mass is 429 g/mol. The van der Waals surface area contributed by atoms with Gasteiger partial charge in [0.05, 0.1) is 6.54 Å². The van der Waals surface area contributed by atoms with E-state index in [2.05, 4.69) is 28.5 Å². The highest BCUT2D eigenvalue weighted by molar-refractivity contribution is 5.81. The van der Waals surface area contributed by atoms with Gasteiger partial charge in [-0.3, -0.25) is 4.79 Å². The summed E-state index contributed by atoms with van der Waals surface area (Å²) in [7, 11) is 4.08. The van der Waals surface area contributed by atoms with Gasteiger partial charge >= 0.3 is 0 Å². The van der Waals surface area contributed by atoms with Gasteiger partial charge in [0.25, 0.3) is 0 Å². The lowest BCUT2D eigenvalue weighted by molar-refractivity contribution is -0.134. The number of para-hydroxylation sites is 1. The van der Waals surface area contributed by atoms with Gasteiger partial charge in [0.15, 0.2) is 5.96 Å². The lowest BCUT2D eigenvalue weighted by Gasteiger charge is -2.21. The number of nitrogens with one attached hydrogen (secondary N) is 2. The topological polar surface area (TPSA) is 69.2 Å². The number of benzene rings is 1. The highest BCUT2D eigenvalue weighted by Crippen LogP contribution is 2.28. The largest absolute Gasteiger partial charge is 0.492 e. The standard InChI is InChI=1S/C24H39N5O2/c1-4-25-24(26-17-20-11-7-8-12-22(20)31-16-15-28(2)3)27-21-13-14-29(18-21)23(30)19-9-5-6-10-19/h7-8,11-12,19,21H,4-6,9-10,13-18H2,1-3H3,(H2,25,26,27). The van der Waals surface area contributed by atoms with Crippen molar-refractivity contribution >= 4 is 11.9 Å². The highest BCUT2D eigenvalue weighted by atomic mass is 16.5. The van der Waals surface area contributed by atoms with E-state index in [1.54, 1.807) is 0 Å². The Kier molecular flexibility index (Phi) is 9.00. The van der Waals surface area contributed by atoms with Crippen molar-refractivity contribution in [2.24, 2.45) is 10.9 Å². The molecular weight excluding hydrogens is 390 g/mol. The quantitative estimate of drug-likeness (QED) is 0.466. The fourth-order valence-electron chi connectivity index (χ4n) is 4.30. The number of aliphatic imine (C=N–C) groups is 1. The van der Waals surface area contributed by atoms with Crippen LogP contribution in [-0.2, 0) is 11.3 Å². The minimum Gasteiger partial charge on any atom is -0.492 e. The summed E-state index contributed by atoms with van der Waals surface area (Å²) in [5.74, 6) is 2.29. The van der Waals surface area contributed by atoms with Crippen LogP contribution in [0.5, 0.6) is 5.75 Å². The summed E-state index contributed by atoms with van der Waals surface area (Å²) in [4.78, 5) is 21.7. The predicted octanol–water partition coefficient (Wildman–Crippen LogP) is 2.47. The van der Waals surface area contributed by atoms with Gasteiger partial charge in [0, 0.05) is 43.7 Å². The van der Waals surface area contributed by atoms with Crippen molar-refractivity contribution < 1.29 is 9.53 Å². The van der Waals surface area contributed by atoms with Gasteiger partial charge in [-0.15, -0.1) is 0 Å². The Hall–Kier alpha value is -2.28. The molecular formula is C24H39N5O2. The summed E-state index contributed by atoms with van der Waals surface area (Å²) >= 11 is 0. The van der Waals surface area contributed by atoms with Crippen LogP contribution >= 0.6 is 0 Å². The first-order valence-electron chi connectivity index (χ1n) is 11.8. The smallest absolute Gasteiger partial charge is 0.225 e. The first-order valence-corrected chi connectivity index (χ1v) is 11.8. The molecule has 1 aliphatic heterocycles. The zero-order chi connectivity index (χ0) is 22.1. The molecule has 1 amide bonds. The first-order chi connectivity index (χ1) is 15.1. The number of guanidine groups is 1. The molecule has 1 saturated carbocycles. The van der Waals surface area contributed by atoms with Crippen molar-refractivity contribution in [1.29, 1.82) is 0 Å². The lowest BCUT2D eigenvalue weighted by atomic mass is 10.1. The third-order valence-electron chi connectivity index (χ3n) is 6.07. The highest BCUT2D eigenvalue weighted by Gasteiger charge is 2.32. The van der Waals surface area contributed by atoms with Crippen molar-refractivity contribution in [1.82, 2.24) is 20.4 Å². The van der Waals surface area contributed by atoms with E-state index >= 15 is 0 Å². The average Bonchev–Trinajstić information content (AvgIpc) is 3.45. The number of carbonyl (C=O) groups is 1. The van der Waals surface area contributed by atoms with Crippen LogP contribution < -0.4 is 15.4 Å². The Labute approximate surface area is 187 Å². The molecule has 31 heavy (non-hydrogen) atoms. The Morgan fingerprint density at radius 3 is 2.74 bits per heavy atom. The molecule has 0 radical (unpaired) electrons. The third kappa shape index (κ3) is 7.13. The fourth-order valence-corrected chi connectivity index (χ4v) is 4.30.